The summed E-state index contributed by atoms with van der Waals surface area (Å²) in [5, 5.41) is -2.25. The third-order valence-corrected chi connectivity index (χ3v) is 20.4. The lowest BCUT2D eigenvalue weighted by atomic mass is 9.92. The largest absolute Gasteiger partial charge is 0.863 e. The number of esters is 1. The first-order chi connectivity index (χ1) is 21.1. The van der Waals surface area contributed by atoms with Crippen LogP contribution in [0, 0.1) is 0 Å². The van der Waals surface area contributed by atoms with Gasteiger partial charge in [0.1, 0.15) is 30.5 Å². The van der Waals surface area contributed by atoms with Crippen LogP contribution in [-0.2, 0) is 18.4 Å². The Kier molecular flexibility index (Phi) is 7.43. The van der Waals surface area contributed by atoms with Crippen LogP contribution in [0.2, 0.25) is 0 Å². The van der Waals surface area contributed by atoms with Gasteiger partial charge in [-0.3, -0.25) is 8.79 Å². The number of carbonyl (C=O) groups is 1. The van der Waals surface area contributed by atoms with E-state index in [1.54, 1.807) is 0 Å². The monoisotopic (exact) mass is 674 g/mol. The van der Waals surface area contributed by atoms with Crippen LogP contribution in [-0.4, -0.2) is 62.0 Å². The van der Waals surface area contributed by atoms with Gasteiger partial charge in [-0.2, -0.15) is 0 Å². The number of hydrogen-bond acceptors (Lipinski definition) is 9. The number of benzene rings is 2. The Morgan fingerprint density at radius 1 is 0.783 bits per heavy atom. The molecule has 0 radical (unpaired) electrons. The summed E-state index contributed by atoms with van der Waals surface area (Å²) in [4.78, 5) is 16.8. The number of para-hydroxylation sites is 4. The molecule has 2 spiro atoms. The van der Waals surface area contributed by atoms with E-state index in [9.17, 15) is 4.79 Å². The van der Waals surface area contributed by atoms with Crippen LogP contribution in [0.15, 0.2) is 48.5 Å². The average Bonchev–Trinajstić information content (AvgIpc) is 3.57. The van der Waals surface area contributed by atoms with Gasteiger partial charge in [-0.1, -0.05) is 24.3 Å². The van der Waals surface area contributed by atoms with E-state index in [0.717, 1.165) is 0 Å². The average molecular weight is 674 g/mol. The zero-order valence-electron chi connectivity index (χ0n) is 29.6. The molecular formula is C32H50B2N2O8P2. The van der Waals surface area contributed by atoms with E-state index in [0.29, 0.717) is 23.0 Å². The van der Waals surface area contributed by atoms with Crippen molar-refractivity contribution in [2.45, 2.75) is 116 Å². The van der Waals surface area contributed by atoms with Crippen LogP contribution in [0.4, 0.5) is 0 Å². The highest BCUT2D eigenvalue weighted by atomic mass is 31.2. The highest BCUT2D eigenvalue weighted by Gasteiger charge is 2.88. The summed E-state index contributed by atoms with van der Waals surface area (Å²) in [5.74, 6) is 0.771. The van der Waals surface area contributed by atoms with Crippen molar-refractivity contribution in [3.63, 3.8) is 0 Å². The Morgan fingerprint density at radius 2 is 1.20 bits per heavy atom. The molecule has 14 heteroatoms. The number of carbonyl (C=O) groups excluding carboxylic acids is 1. The van der Waals surface area contributed by atoms with Crippen LogP contribution in [0.25, 0.3) is 0 Å². The fraction of sp³-hybridized carbons (Fsp3) is 0.594. The Morgan fingerprint density at radius 3 is 1.57 bits per heavy atom. The highest BCUT2D eigenvalue weighted by molar-refractivity contribution is 7.77. The van der Waals surface area contributed by atoms with Gasteiger partial charge in [0, 0.05) is 0 Å². The maximum atomic E-state index is 14.8. The van der Waals surface area contributed by atoms with Gasteiger partial charge in [-0.15, -0.1) is 4.92 Å². The maximum Gasteiger partial charge on any atom is 0.863 e. The molecule has 0 aliphatic carbocycles. The quantitative estimate of drug-likeness (QED) is 0.178. The first kappa shape index (κ1) is 33.7. The van der Waals surface area contributed by atoms with E-state index >= 15 is 0 Å². The Hall–Kier alpha value is -2.22. The van der Waals surface area contributed by atoms with Crippen molar-refractivity contribution in [2.24, 2.45) is 0 Å². The molecular weight excluding hydrogens is 624 g/mol. The molecule has 0 N–H and O–H groups in total. The maximum absolute atomic E-state index is 14.8. The van der Waals surface area contributed by atoms with Crippen molar-refractivity contribution < 1.29 is 41.4 Å². The standard InChI is InChI=1S/C32H50B2N2O8P2/c1-14-38-28(37)27-35-33(39-23-19-15-16-20-24(23)40-33)44-46(31(8,9)10,32(11,12)13)36(35)34(41-25-21-17-18-22-26(25)42-34)43-45(27,29(2,3)4)30(5,6)7/h15-22,27H,14H2,1-13H3/t27-/m1/s1. The van der Waals surface area contributed by atoms with Gasteiger partial charge in [-0.25, -0.2) is 4.79 Å². The van der Waals surface area contributed by atoms with Gasteiger partial charge in [0.15, 0.2) is 7.28 Å². The van der Waals surface area contributed by atoms with Gasteiger partial charge in [-0.05, 0) is 114 Å². The highest BCUT2D eigenvalue weighted by Crippen LogP contribution is 2.87. The molecule has 252 valence electrons. The van der Waals surface area contributed by atoms with Crippen LogP contribution in [0.1, 0.15) is 90.0 Å². The second-order valence-electron chi connectivity index (χ2n) is 16.5. The van der Waals surface area contributed by atoms with E-state index in [4.69, 9.17) is 32.2 Å². The van der Waals surface area contributed by atoms with Crippen LogP contribution < -0.4 is 18.6 Å². The zero-order valence-corrected chi connectivity index (χ0v) is 31.4. The van der Waals surface area contributed by atoms with Gasteiger partial charge >= 0.3 is 19.7 Å². The Labute approximate surface area is 274 Å². The van der Waals surface area contributed by atoms with Gasteiger partial charge in [0.2, 0.25) is 0 Å². The van der Waals surface area contributed by atoms with Gasteiger partial charge in [0.05, 0.1) is 27.2 Å². The number of rotatable bonds is 2. The number of hydrazine groups is 1. The van der Waals surface area contributed by atoms with E-state index in [-0.39, 0.29) is 6.61 Å². The second kappa shape index (κ2) is 10.1. The van der Waals surface area contributed by atoms with Crippen molar-refractivity contribution in [3.8, 4) is 23.0 Å². The van der Waals surface area contributed by atoms with Crippen molar-refractivity contribution in [1.82, 2.24) is 4.92 Å². The predicted octanol–water partition coefficient (Wildman–Crippen LogP) is 8.22. The number of nitrogens with zero attached hydrogens (tertiary/aromatic N) is 2. The van der Waals surface area contributed by atoms with Crippen LogP contribution >= 0.6 is 14.8 Å². The topological polar surface area (TPSA) is 87.9 Å². The minimum atomic E-state index is -3.12. The van der Waals surface area contributed by atoms with Crippen LogP contribution in [0.3, 0.4) is 0 Å². The summed E-state index contributed by atoms with van der Waals surface area (Å²) in [5.41, 5.74) is 0. The molecule has 0 amide bonds. The smallest absolute Gasteiger partial charge is 0.640 e. The lowest BCUT2D eigenvalue weighted by molar-refractivity contribution is -0.582. The molecule has 4 heterocycles. The summed E-state index contributed by atoms with van der Waals surface area (Å²) in [6.45, 7) is 21.9. The first-order valence-corrected chi connectivity index (χ1v) is 19.7. The molecule has 0 unspecified atom stereocenters. The van der Waals surface area contributed by atoms with Crippen LogP contribution in [0.5, 0.6) is 23.0 Å². The fourth-order valence-corrected chi connectivity index (χ4v) is 20.0. The van der Waals surface area contributed by atoms with Crippen molar-refractivity contribution >= 4 is 34.5 Å². The third kappa shape index (κ3) is 4.32. The molecule has 4 aliphatic rings. The molecule has 0 saturated carbocycles. The number of ether oxygens (including phenoxy) is 1. The van der Waals surface area contributed by atoms with E-state index < -0.39 is 60.9 Å². The molecule has 0 bridgehead atoms. The third-order valence-electron chi connectivity index (χ3n) is 9.42. The molecule has 10 nitrogen and oxygen atoms in total. The molecule has 2 aromatic rings. The second-order valence-corrected chi connectivity index (χ2v) is 25.7. The van der Waals surface area contributed by atoms with Gasteiger partial charge < -0.3 is 27.8 Å². The molecule has 2 aromatic carbocycles. The summed E-state index contributed by atoms with van der Waals surface area (Å²) in [6.07, 6.45) is 0. The van der Waals surface area contributed by atoms with E-state index in [1.165, 1.54) is 0 Å². The molecule has 1 atom stereocenters. The lowest BCUT2D eigenvalue weighted by Gasteiger charge is -2.59. The zero-order chi connectivity index (χ0) is 33.9. The summed E-state index contributed by atoms with van der Waals surface area (Å²) in [6, 6.07) is 15.1. The van der Waals surface area contributed by atoms with Crippen molar-refractivity contribution in [1.29, 1.82) is 0 Å². The molecule has 1 fully saturated rings. The fourth-order valence-electron chi connectivity index (χ4n) is 8.44. The summed E-state index contributed by atoms with van der Waals surface area (Å²) < 4.78 is 51.2. The lowest BCUT2D eigenvalue weighted by Crippen LogP contribution is -2.79. The van der Waals surface area contributed by atoms with Crippen molar-refractivity contribution in [3.05, 3.63) is 48.5 Å². The molecule has 0 aromatic heterocycles. The molecule has 6 rings (SSSR count). The number of hydrogen-bond donors (Lipinski definition) is 0. The Balaban J connectivity index is 1.81. The first-order valence-electron chi connectivity index (χ1n) is 16.3. The summed E-state index contributed by atoms with van der Waals surface area (Å²) in [7, 11) is -6.21. The molecule has 4 aliphatic heterocycles. The van der Waals surface area contributed by atoms with E-state index in [2.05, 4.69) is 83.1 Å². The summed E-state index contributed by atoms with van der Waals surface area (Å²) >= 11 is 0. The molecule has 1 saturated heterocycles. The van der Waals surface area contributed by atoms with E-state index in [1.807, 2.05) is 64.7 Å². The minimum absolute atomic E-state index is 0.188. The number of fused-ring (bicyclic) bond motifs is 5. The SMILES string of the molecule is CCOC(=O)[C@@H]1N2[N+](=P(C(C)(C)C)(C(C)(C)C)O[B-]23Oc2ccccc2O3)[B-]2(Oc3ccccc3O2)O[P+]1(C(C)(C)C)C(C)(C)C. The van der Waals surface area contributed by atoms with Gasteiger partial charge in [0.25, 0.3) is 5.78 Å². The van der Waals surface area contributed by atoms with Crippen molar-refractivity contribution in [2.75, 3.05) is 6.61 Å². The normalized spacial score (nSPS) is 23.9. The molecule has 46 heavy (non-hydrogen) atoms. The Bertz CT molecular complexity index is 1560. The predicted molar refractivity (Wildman–Crippen MR) is 184 cm³/mol. The minimum Gasteiger partial charge on any atom is -0.640 e.